The number of hydrogen-bond donors (Lipinski definition) is 0. The summed E-state index contributed by atoms with van der Waals surface area (Å²) in [6, 6.07) is 1.85. The molecule has 0 saturated carbocycles. The van der Waals surface area contributed by atoms with Gasteiger partial charge in [-0.05, 0) is 18.1 Å². The van der Waals surface area contributed by atoms with Gasteiger partial charge < -0.3 is 0 Å². The van der Waals surface area contributed by atoms with Crippen LogP contribution < -0.4 is 0 Å². The molecule has 0 aliphatic heterocycles. The van der Waals surface area contributed by atoms with Crippen molar-refractivity contribution in [2.75, 3.05) is 0 Å². The zero-order valence-corrected chi connectivity index (χ0v) is 7.41. The summed E-state index contributed by atoms with van der Waals surface area (Å²) in [5.41, 5.74) is 2.02. The number of aromatic nitrogens is 3. The highest BCUT2D eigenvalue weighted by molar-refractivity contribution is 6.29. The predicted octanol–water partition coefficient (Wildman–Crippen LogP) is 1.95. The maximum atomic E-state index is 5.80. The summed E-state index contributed by atoms with van der Waals surface area (Å²) in [4.78, 5) is 4.17. The van der Waals surface area contributed by atoms with Gasteiger partial charge >= 0.3 is 0 Å². The summed E-state index contributed by atoms with van der Waals surface area (Å²) < 4.78 is 1.70. The van der Waals surface area contributed by atoms with Crippen LogP contribution in [-0.2, 0) is 6.42 Å². The fourth-order valence-corrected chi connectivity index (χ4v) is 1.42. The average Bonchev–Trinajstić information content (AvgIpc) is 2.50. The number of imidazole rings is 1. The lowest BCUT2D eigenvalue weighted by Gasteiger charge is -1.99. The number of hydrogen-bond acceptors (Lipinski definition) is 2. The molecule has 0 atom stereocenters. The van der Waals surface area contributed by atoms with Gasteiger partial charge in [0.1, 0.15) is 5.15 Å². The van der Waals surface area contributed by atoms with Crippen molar-refractivity contribution in [2.45, 2.75) is 13.3 Å². The second kappa shape index (κ2) is 2.75. The molecule has 0 amide bonds. The predicted molar refractivity (Wildman–Crippen MR) is 47.4 cm³/mol. The zero-order chi connectivity index (χ0) is 8.55. The van der Waals surface area contributed by atoms with E-state index in [2.05, 4.69) is 17.0 Å². The first-order valence-electron chi connectivity index (χ1n) is 3.80. The zero-order valence-electron chi connectivity index (χ0n) is 6.66. The molecular formula is C8H8ClN3. The topological polar surface area (TPSA) is 30.2 Å². The fraction of sp³-hybridized carbons (Fsp3) is 0.250. The Morgan fingerprint density at radius 3 is 3.17 bits per heavy atom. The Kier molecular flexibility index (Phi) is 1.73. The summed E-state index contributed by atoms with van der Waals surface area (Å²) in [5.74, 6) is 0. The Labute approximate surface area is 75.0 Å². The average molecular weight is 182 g/mol. The van der Waals surface area contributed by atoms with Gasteiger partial charge in [-0.25, -0.2) is 9.50 Å². The van der Waals surface area contributed by atoms with E-state index in [1.54, 1.807) is 16.9 Å². The molecule has 4 heteroatoms. The molecule has 2 heterocycles. The Hall–Kier alpha value is -1.09. The molecule has 62 valence electrons. The van der Waals surface area contributed by atoms with Gasteiger partial charge in [0.25, 0.3) is 0 Å². The third-order valence-electron chi connectivity index (χ3n) is 1.79. The molecule has 0 radical (unpaired) electrons. The molecule has 0 N–H and O–H groups in total. The van der Waals surface area contributed by atoms with Crippen LogP contribution in [0, 0.1) is 0 Å². The van der Waals surface area contributed by atoms with Gasteiger partial charge in [0, 0.05) is 12.4 Å². The van der Waals surface area contributed by atoms with Crippen LogP contribution in [0.5, 0.6) is 0 Å². The van der Waals surface area contributed by atoms with E-state index >= 15 is 0 Å². The van der Waals surface area contributed by atoms with Crippen molar-refractivity contribution in [3.05, 3.63) is 29.2 Å². The first kappa shape index (κ1) is 7.55. The molecule has 2 aromatic heterocycles. The Morgan fingerprint density at radius 2 is 2.42 bits per heavy atom. The minimum Gasteiger partial charge on any atom is -0.235 e. The molecule has 0 fully saturated rings. The molecule has 3 nitrogen and oxygen atoms in total. The van der Waals surface area contributed by atoms with Crippen molar-refractivity contribution >= 4 is 17.2 Å². The first-order chi connectivity index (χ1) is 5.81. The molecule has 0 bridgehead atoms. The van der Waals surface area contributed by atoms with E-state index in [0.29, 0.717) is 5.15 Å². The molecule has 12 heavy (non-hydrogen) atoms. The molecule has 0 aromatic carbocycles. The van der Waals surface area contributed by atoms with E-state index in [9.17, 15) is 0 Å². The maximum absolute atomic E-state index is 5.80. The third kappa shape index (κ3) is 1.06. The maximum Gasteiger partial charge on any atom is 0.156 e. The van der Waals surface area contributed by atoms with Gasteiger partial charge in [-0.15, -0.1) is 0 Å². The van der Waals surface area contributed by atoms with Crippen molar-refractivity contribution in [3.8, 4) is 0 Å². The quantitative estimate of drug-likeness (QED) is 0.673. The summed E-state index contributed by atoms with van der Waals surface area (Å²) in [6.07, 6.45) is 4.43. The monoisotopic (exact) mass is 181 g/mol. The Bertz CT molecular complexity index is 408. The van der Waals surface area contributed by atoms with Crippen LogP contribution in [0.3, 0.4) is 0 Å². The second-order valence-corrected chi connectivity index (χ2v) is 2.93. The number of fused-ring (bicyclic) bond motifs is 1. The molecule has 0 spiro atoms. The highest BCUT2D eigenvalue weighted by Crippen LogP contribution is 2.13. The largest absolute Gasteiger partial charge is 0.235 e. The molecular weight excluding hydrogens is 174 g/mol. The smallest absolute Gasteiger partial charge is 0.156 e. The lowest BCUT2D eigenvalue weighted by molar-refractivity contribution is 0.916. The van der Waals surface area contributed by atoms with Crippen LogP contribution in [0.4, 0.5) is 0 Å². The Balaban J connectivity index is 2.80. The summed E-state index contributed by atoms with van der Waals surface area (Å²) in [5, 5.41) is 4.58. The number of halogens is 1. The van der Waals surface area contributed by atoms with Crippen molar-refractivity contribution < 1.29 is 0 Å². The van der Waals surface area contributed by atoms with Crippen molar-refractivity contribution in [1.29, 1.82) is 0 Å². The summed E-state index contributed by atoms with van der Waals surface area (Å²) >= 11 is 5.80. The minimum atomic E-state index is 0.511. The van der Waals surface area contributed by atoms with Crippen LogP contribution in [0.1, 0.15) is 12.5 Å². The van der Waals surface area contributed by atoms with Gasteiger partial charge in [-0.1, -0.05) is 18.5 Å². The number of nitrogens with zero attached hydrogens (tertiary/aromatic N) is 3. The lowest BCUT2D eigenvalue weighted by atomic mass is 10.2. The first-order valence-corrected chi connectivity index (χ1v) is 4.18. The summed E-state index contributed by atoms with van der Waals surface area (Å²) in [6.45, 7) is 2.07. The van der Waals surface area contributed by atoms with E-state index in [-0.39, 0.29) is 0 Å². The number of aryl methyl sites for hydroxylation is 1. The van der Waals surface area contributed by atoms with E-state index in [1.807, 2.05) is 6.07 Å². The second-order valence-electron chi connectivity index (χ2n) is 2.54. The normalized spacial score (nSPS) is 10.8. The molecule has 0 saturated heterocycles. The molecule has 0 aliphatic carbocycles. The van der Waals surface area contributed by atoms with Gasteiger partial charge in [0.2, 0.25) is 0 Å². The van der Waals surface area contributed by atoms with Gasteiger partial charge in [0.15, 0.2) is 5.65 Å². The van der Waals surface area contributed by atoms with E-state index in [0.717, 1.165) is 17.6 Å². The van der Waals surface area contributed by atoms with Crippen LogP contribution in [-0.4, -0.2) is 14.6 Å². The third-order valence-corrected chi connectivity index (χ3v) is 1.97. The van der Waals surface area contributed by atoms with Crippen LogP contribution in [0.2, 0.25) is 5.15 Å². The Morgan fingerprint density at radius 1 is 1.58 bits per heavy atom. The molecule has 0 unspecified atom stereocenters. The SMILES string of the molecule is CCc1cc(Cl)nn2ccnc12. The van der Waals surface area contributed by atoms with E-state index in [1.165, 1.54) is 0 Å². The molecule has 2 rings (SSSR count). The summed E-state index contributed by atoms with van der Waals surface area (Å²) in [7, 11) is 0. The van der Waals surface area contributed by atoms with E-state index < -0.39 is 0 Å². The highest BCUT2D eigenvalue weighted by atomic mass is 35.5. The van der Waals surface area contributed by atoms with Crippen LogP contribution >= 0.6 is 11.6 Å². The minimum absolute atomic E-state index is 0.511. The van der Waals surface area contributed by atoms with Crippen molar-refractivity contribution in [2.24, 2.45) is 0 Å². The standard InChI is InChI=1S/C8H8ClN3/c1-2-6-5-7(9)11-12-4-3-10-8(6)12/h3-5H,2H2,1H3. The van der Waals surface area contributed by atoms with Crippen LogP contribution in [0.25, 0.3) is 5.65 Å². The lowest BCUT2D eigenvalue weighted by Crippen LogP contribution is -1.95. The number of rotatable bonds is 1. The van der Waals surface area contributed by atoms with Gasteiger partial charge in [-0.2, -0.15) is 5.10 Å². The van der Waals surface area contributed by atoms with Crippen molar-refractivity contribution in [1.82, 2.24) is 14.6 Å². The fourth-order valence-electron chi connectivity index (χ4n) is 1.21. The van der Waals surface area contributed by atoms with E-state index in [4.69, 9.17) is 11.6 Å². The molecule has 0 aliphatic rings. The van der Waals surface area contributed by atoms with Crippen LogP contribution in [0.15, 0.2) is 18.5 Å². The van der Waals surface area contributed by atoms with Gasteiger partial charge in [0.05, 0.1) is 0 Å². The molecule has 2 aromatic rings. The van der Waals surface area contributed by atoms with Gasteiger partial charge in [-0.3, -0.25) is 0 Å². The van der Waals surface area contributed by atoms with Crippen molar-refractivity contribution in [3.63, 3.8) is 0 Å². The highest BCUT2D eigenvalue weighted by Gasteiger charge is 2.02.